The van der Waals surface area contributed by atoms with Gasteiger partial charge in [0.1, 0.15) is 17.1 Å². The predicted molar refractivity (Wildman–Crippen MR) is 119 cm³/mol. The van der Waals surface area contributed by atoms with Crippen LogP contribution in [-0.2, 0) is 0 Å². The molecular formula is C24H19N3O4. The van der Waals surface area contributed by atoms with E-state index in [0.717, 1.165) is 0 Å². The Morgan fingerprint density at radius 3 is 2.29 bits per heavy atom. The maximum atomic E-state index is 13.4. The summed E-state index contributed by atoms with van der Waals surface area (Å²) in [5, 5.41) is 25.2. The molecule has 3 aromatic carbocycles. The van der Waals surface area contributed by atoms with Crippen LogP contribution in [0.3, 0.4) is 0 Å². The largest absolute Gasteiger partial charge is 0.507 e. The average molecular weight is 413 g/mol. The zero-order valence-electron chi connectivity index (χ0n) is 16.6. The van der Waals surface area contributed by atoms with Crippen LogP contribution in [0.5, 0.6) is 11.5 Å². The van der Waals surface area contributed by atoms with Crippen LogP contribution < -0.4 is 11.0 Å². The molecule has 0 atom stereocenters. The molecule has 0 fully saturated rings. The SMILES string of the molecule is CC(=NNC(=O)c1ccccc1O)c1c(O)c2ccccc2n(-c2ccccc2)c1=O. The minimum absolute atomic E-state index is 0.0277. The number of aromatic nitrogens is 1. The van der Waals surface area contributed by atoms with Crippen LogP contribution in [0.4, 0.5) is 0 Å². The van der Waals surface area contributed by atoms with Gasteiger partial charge in [0, 0.05) is 11.1 Å². The van der Waals surface area contributed by atoms with E-state index in [-0.39, 0.29) is 28.3 Å². The van der Waals surface area contributed by atoms with E-state index >= 15 is 0 Å². The zero-order valence-corrected chi connectivity index (χ0v) is 16.6. The molecule has 0 aliphatic carbocycles. The van der Waals surface area contributed by atoms with E-state index in [2.05, 4.69) is 10.5 Å². The number of aromatic hydroxyl groups is 2. The summed E-state index contributed by atoms with van der Waals surface area (Å²) >= 11 is 0. The number of nitrogens with one attached hydrogen (secondary N) is 1. The van der Waals surface area contributed by atoms with E-state index in [9.17, 15) is 19.8 Å². The summed E-state index contributed by atoms with van der Waals surface area (Å²) in [7, 11) is 0. The van der Waals surface area contributed by atoms with Crippen LogP contribution in [0.15, 0.2) is 88.8 Å². The second-order valence-corrected chi connectivity index (χ2v) is 6.87. The number of amides is 1. The van der Waals surface area contributed by atoms with Gasteiger partial charge in [-0.25, -0.2) is 5.43 Å². The molecule has 4 aromatic rings. The van der Waals surface area contributed by atoms with Crippen LogP contribution in [-0.4, -0.2) is 26.4 Å². The van der Waals surface area contributed by atoms with Crippen LogP contribution in [0.1, 0.15) is 22.8 Å². The number of phenolic OH excluding ortho intramolecular Hbond substituents is 1. The highest BCUT2D eigenvalue weighted by Crippen LogP contribution is 2.28. The Hall–Kier alpha value is -4.39. The lowest BCUT2D eigenvalue weighted by Crippen LogP contribution is -2.27. The molecule has 0 bridgehead atoms. The van der Waals surface area contributed by atoms with Crippen molar-refractivity contribution >= 4 is 22.5 Å². The number of para-hydroxylation sites is 3. The average Bonchev–Trinajstić information content (AvgIpc) is 2.78. The fraction of sp³-hybridized carbons (Fsp3) is 0.0417. The lowest BCUT2D eigenvalue weighted by Gasteiger charge is -2.15. The van der Waals surface area contributed by atoms with Gasteiger partial charge in [-0.05, 0) is 43.3 Å². The number of pyridine rings is 1. The number of carbonyl (C=O) groups excluding carboxylic acids is 1. The van der Waals surface area contributed by atoms with Crippen molar-refractivity contribution in [1.29, 1.82) is 0 Å². The first kappa shape index (κ1) is 19.9. The molecule has 0 aliphatic rings. The Labute approximate surface area is 177 Å². The Morgan fingerprint density at radius 1 is 0.903 bits per heavy atom. The first-order valence-corrected chi connectivity index (χ1v) is 9.54. The van der Waals surface area contributed by atoms with Crippen LogP contribution in [0.25, 0.3) is 16.6 Å². The van der Waals surface area contributed by atoms with E-state index in [1.165, 1.54) is 23.6 Å². The molecule has 3 N–H and O–H groups in total. The van der Waals surface area contributed by atoms with Gasteiger partial charge in [-0.1, -0.05) is 42.5 Å². The number of rotatable bonds is 4. The van der Waals surface area contributed by atoms with Gasteiger partial charge < -0.3 is 10.2 Å². The van der Waals surface area contributed by atoms with Crippen molar-refractivity contribution in [2.24, 2.45) is 5.10 Å². The lowest BCUT2D eigenvalue weighted by atomic mass is 10.1. The number of carbonyl (C=O) groups is 1. The Bertz CT molecular complexity index is 1370. The van der Waals surface area contributed by atoms with Gasteiger partial charge in [0.25, 0.3) is 11.5 Å². The van der Waals surface area contributed by atoms with Gasteiger partial charge >= 0.3 is 0 Å². The van der Waals surface area contributed by atoms with E-state index in [4.69, 9.17) is 0 Å². The summed E-state index contributed by atoms with van der Waals surface area (Å²) in [5.74, 6) is -1.04. The van der Waals surface area contributed by atoms with Gasteiger partial charge in [0.2, 0.25) is 0 Å². The van der Waals surface area contributed by atoms with Crippen molar-refractivity contribution < 1.29 is 15.0 Å². The standard InChI is InChI=1S/C24H19N3O4/c1-15(25-26-23(30)18-12-6-8-14-20(18)28)21-22(29)17-11-5-7-13-19(17)27(24(21)31)16-9-3-2-4-10-16/h2-14,28-29H,1H3,(H,26,30). The zero-order chi connectivity index (χ0) is 22.0. The Kier molecular flexibility index (Phi) is 5.24. The van der Waals surface area contributed by atoms with E-state index < -0.39 is 11.5 Å². The number of hydrogen-bond acceptors (Lipinski definition) is 5. The van der Waals surface area contributed by atoms with Crippen molar-refractivity contribution in [2.45, 2.75) is 6.92 Å². The molecule has 1 heterocycles. The molecule has 0 unspecified atom stereocenters. The number of hydrazone groups is 1. The molecule has 0 saturated carbocycles. The third-order valence-electron chi connectivity index (χ3n) is 4.90. The van der Waals surface area contributed by atoms with Crippen LogP contribution >= 0.6 is 0 Å². The number of hydrogen-bond donors (Lipinski definition) is 3. The Morgan fingerprint density at radius 2 is 1.55 bits per heavy atom. The third-order valence-corrected chi connectivity index (χ3v) is 4.90. The molecule has 0 aliphatic heterocycles. The first-order chi connectivity index (χ1) is 15.0. The minimum atomic E-state index is -0.638. The monoisotopic (exact) mass is 413 g/mol. The molecule has 0 spiro atoms. The molecule has 7 heteroatoms. The number of nitrogens with zero attached hydrogens (tertiary/aromatic N) is 2. The minimum Gasteiger partial charge on any atom is -0.507 e. The molecule has 31 heavy (non-hydrogen) atoms. The van der Waals surface area contributed by atoms with E-state index in [0.29, 0.717) is 16.6 Å². The van der Waals surface area contributed by atoms with Crippen molar-refractivity contribution in [2.75, 3.05) is 0 Å². The topological polar surface area (TPSA) is 104 Å². The summed E-state index contributed by atoms with van der Waals surface area (Å²) in [6, 6.07) is 22.1. The van der Waals surface area contributed by atoms with Crippen molar-refractivity contribution in [3.05, 3.63) is 100 Å². The maximum Gasteiger partial charge on any atom is 0.275 e. The van der Waals surface area contributed by atoms with Crippen molar-refractivity contribution in [1.82, 2.24) is 9.99 Å². The van der Waals surface area contributed by atoms with Crippen LogP contribution in [0.2, 0.25) is 0 Å². The van der Waals surface area contributed by atoms with Crippen molar-refractivity contribution in [3.63, 3.8) is 0 Å². The molecule has 1 amide bonds. The second-order valence-electron chi connectivity index (χ2n) is 6.87. The summed E-state index contributed by atoms with van der Waals surface area (Å²) < 4.78 is 1.49. The fourth-order valence-corrected chi connectivity index (χ4v) is 3.40. The molecule has 0 saturated heterocycles. The molecule has 0 radical (unpaired) electrons. The third kappa shape index (κ3) is 3.64. The van der Waals surface area contributed by atoms with Gasteiger partial charge in [0.15, 0.2) is 0 Å². The normalized spacial score (nSPS) is 11.5. The summed E-state index contributed by atoms with van der Waals surface area (Å²) in [4.78, 5) is 25.7. The molecule has 1 aromatic heterocycles. The molecule has 154 valence electrons. The highest BCUT2D eigenvalue weighted by atomic mass is 16.3. The predicted octanol–water partition coefficient (Wildman–Crippen LogP) is 3.56. The van der Waals surface area contributed by atoms with Gasteiger partial charge in [0.05, 0.1) is 16.8 Å². The highest BCUT2D eigenvalue weighted by Gasteiger charge is 2.20. The van der Waals surface area contributed by atoms with Crippen LogP contribution in [0, 0.1) is 0 Å². The number of phenols is 1. The fourth-order valence-electron chi connectivity index (χ4n) is 3.40. The maximum absolute atomic E-state index is 13.4. The quantitative estimate of drug-likeness (QED) is 0.352. The smallest absolute Gasteiger partial charge is 0.275 e. The number of fused-ring (bicyclic) bond motifs is 1. The summed E-state index contributed by atoms with van der Waals surface area (Å²) in [5.41, 5.74) is 3.18. The highest BCUT2D eigenvalue weighted by molar-refractivity contribution is 6.06. The van der Waals surface area contributed by atoms with Gasteiger partial charge in [-0.2, -0.15) is 5.10 Å². The number of benzene rings is 3. The molecule has 7 nitrogen and oxygen atoms in total. The Balaban J connectivity index is 1.84. The van der Waals surface area contributed by atoms with Gasteiger partial charge in [-0.3, -0.25) is 14.2 Å². The molecular weight excluding hydrogens is 394 g/mol. The lowest BCUT2D eigenvalue weighted by molar-refractivity contribution is 0.0952. The van der Waals surface area contributed by atoms with E-state index in [1.54, 1.807) is 48.5 Å². The molecule has 4 rings (SSSR count). The second kappa shape index (κ2) is 8.16. The first-order valence-electron chi connectivity index (χ1n) is 9.54. The van der Waals surface area contributed by atoms with Crippen molar-refractivity contribution in [3.8, 4) is 17.2 Å². The summed E-state index contributed by atoms with van der Waals surface area (Å²) in [6.45, 7) is 1.52. The van der Waals surface area contributed by atoms with Gasteiger partial charge in [-0.15, -0.1) is 0 Å². The van der Waals surface area contributed by atoms with E-state index in [1.807, 2.05) is 18.2 Å². The summed E-state index contributed by atoms with van der Waals surface area (Å²) in [6.07, 6.45) is 0.